The van der Waals surface area contributed by atoms with E-state index in [1.165, 1.54) is 68.2 Å². The van der Waals surface area contributed by atoms with Gasteiger partial charge in [0, 0.05) is 25.2 Å². The molecular formula is C28H41NO. The van der Waals surface area contributed by atoms with Crippen LogP contribution in [0.4, 0.5) is 5.69 Å². The molecule has 30 heavy (non-hydrogen) atoms. The zero-order chi connectivity index (χ0) is 21.1. The maximum atomic E-state index is 11.5. The Morgan fingerprint density at radius 2 is 1.67 bits per heavy atom. The van der Waals surface area contributed by atoms with Gasteiger partial charge in [0.2, 0.25) is 0 Å². The van der Waals surface area contributed by atoms with Crippen molar-refractivity contribution >= 4 is 11.8 Å². The molecule has 1 N–H and O–H groups in total. The van der Waals surface area contributed by atoms with Crippen LogP contribution in [0.5, 0.6) is 0 Å². The van der Waals surface area contributed by atoms with Gasteiger partial charge in [0.25, 0.3) is 0 Å². The number of aliphatic hydroxyl groups excluding tert-OH is 1. The van der Waals surface area contributed by atoms with Gasteiger partial charge in [0.1, 0.15) is 0 Å². The van der Waals surface area contributed by atoms with Gasteiger partial charge in [-0.2, -0.15) is 0 Å². The van der Waals surface area contributed by atoms with E-state index in [4.69, 9.17) is 0 Å². The lowest BCUT2D eigenvalue weighted by Crippen LogP contribution is -2.53. The molecule has 0 amide bonds. The monoisotopic (exact) mass is 407 g/mol. The molecule has 4 aliphatic carbocycles. The Balaban J connectivity index is 1.41. The Kier molecular flexibility index (Phi) is 5.08. The summed E-state index contributed by atoms with van der Waals surface area (Å²) in [4.78, 5) is 2.14. The van der Waals surface area contributed by atoms with Crippen molar-refractivity contribution in [2.45, 2.75) is 77.7 Å². The van der Waals surface area contributed by atoms with E-state index >= 15 is 0 Å². The highest BCUT2D eigenvalue weighted by Crippen LogP contribution is 2.67. The molecule has 164 valence electrons. The molecule has 0 radical (unpaired) electrons. The first-order valence-corrected chi connectivity index (χ1v) is 12.5. The van der Waals surface area contributed by atoms with Crippen molar-refractivity contribution < 1.29 is 5.11 Å². The Morgan fingerprint density at radius 1 is 0.900 bits per heavy atom. The van der Waals surface area contributed by atoms with Crippen LogP contribution in [0.15, 0.2) is 29.8 Å². The van der Waals surface area contributed by atoms with E-state index in [-0.39, 0.29) is 11.5 Å². The average Bonchev–Trinajstić information content (AvgIpc) is 2.98. The van der Waals surface area contributed by atoms with Crippen molar-refractivity contribution in [1.29, 1.82) is 0 Å². The van der Waals surface area contributed by atoms with Gasteiger partial charge in [-0.25, -0.2) is 0 Å². The minimum absolute atomic E-state index is 0.0778. The second-order valence-electron chi connectivity index (χ2n) is 11.8. The molecule has 0 spiro atoms. The van der Waals surface area contributed by atoms with Crippen LogP contribution in [0.25, 0.3) is 6.08 Å². The van der Waals surface area contributed by atoms with Gasteiger partial charge in [0.15, 0.2) is 0 Å². The van der Waals surface area contributed by atoms with E-state index in [1.54, 1.807) is 0 Å². The van der Waals surface area contributed by atoms with Crippen LogP contribution in [0.1, 0.15) is 77.2 Å². The Morgan fingerprint density at radius 3 is 2.40 bits per heavy atom. The highest BCUT2D eigenvalue weighted by molar-refractivity contribution is 5.59. The SMILES string of the molecule is CN(C)c1ccc(/C=C2\CC3C4CCC5CCCC[C@]5(C)C4CC[C@]3(C)C2O)cc1. The standard InChI is InChI=1S/C28H41NO/c1-27-15-6-5-7-21(27)10-13-23-24(27)14-16-28(2)25(23)18-20(26(28)30)17-19-8-11-22(12-9-19)29(3)4/h8-9,11-12,17,21,23-26,30H,5-7,10,13-16,18H2,1-4H3/b20-17+/t21?,23?,24?,25?,26?,27-,28-/m0/s1. The number of rotatable bonds is 2. The fourth-order valence-electron chi connectivity index (χ4n) is 8.38. The molecule has 4 aliphatic rings. The summed E-state index contributed by atoms with van der Waals surface area (Å²) in [5, 5.41) is 11.5. The quantitative estimate of drug-likeness (QED) is 0.602. The molecule has 0 heterocycles. The fourth-order valence-corrected chi connectivity index (χ4v) is 8.38. The summed E-state index contributed by atoms with van der Waals surface area (Å²) in [6, 6.07) is 8.78. The lowest BCUT2D eigenvalue weighted by molar-refractivity contribution is -0.119. The largest absolute Gasteiger partial charge is 0.388 e. The van der Waals surface area contributed by atoms with Crippen LogP contribution >= 0.6 is 0 Å². The molecule has 1 aromatic carbocycles. The average molecular weight is 408 g/mol. The van der Waals surface area contributed by atoms with E-state index in [1.807, 2.05) is 0 Å². The number of fused-ring (bicyclic) bond motifs is 5. The first-order valence-electron chi connectivity index (χ1n) is 12.5. The molecular weight excluding hydrogens is 366 g/mol. The molecule has 5 unspecified atom stereocenters. The van der Waals surface area contributed by atoms with Crippen molar-refractivity contribution in [1.82, 2.24) is 0 Å². The number of benzene rings is 1. The zero-order valence-electron chi connectivity index (χ0n) is 19.5. The first kappa shape index (κ1) is 20.6. The van der Waals surface area contributed by atoms with Crippen molar-refractivity contribution in [3.8, 4) is 0 Å². The van der Waals surface area contributed by atoms with Gasteiger partial charge in [-0.1, -0.05) is 44.9 Å². The van der Waals surface area contributed by atoms with E-state index < -0.39 is 0 Å². The summed E-state index contributed by atoms with van der Waals surface area (Å²) in [5.74, 6) is 3.34. The molecule has 1 aromatic rings. The summed E-state index contributed by atoms with van der Waals surface area (Å²) in [6.45, 7) is 5.05. The summed E-state index contributed by atoms with van der Waals surface area (Å²) in [5.41, 5.74) is 4.40. The van der Waals surface area contributed by atoms with Crippen LogP contribution in [0.3, 0.4) is 0 Å². The predicted molar refractivity (Wildman–Crippen MR) is 126 cm³/mol. The Labute approximate surface area is 183 Å². The molecule has 4 saturated carbocycles. The van der Waals surface area contributed by atoms with E-state index in [0.29, 0.717) is 11.3 Å². The number of anilines is 1. The molecule has 0 aliphatic heterocycles. The summed E-state index contributed by atoms with van der Waals surface area (Å²) in [7, 11) is 4.16. The van der Waals surface area contributed by atoms with Crippen LogP contribution in [-0.4, -0.2) is 25.3 Å². The zero-order valence-corrected chi connectivity index (χ0v) is 19.5. The van der Waals surface area contributed by atoms with Crippen molar-refractivity contribution in [3.05, 3.63) is 35.4 Å². The van der Waals surface area contributed by atoms with Crippen LogP contribution in [-0.2, 0) is 0 Å². The Bertz CT molecular complexity index is 810. The summed E-state index contributed by atoms with van der Waals surface area (Å²) in [6.07, 6.45) is 14.3. The maximum Gasteiger partial charge on any atom is 0.0809 e. The van der Waals surface area contributed by atoms with Gasteiger partial charge < -0.3 is 10.0 Å². The Hall–Kier alpha value is -1.28. The molecule has 2 nitrogen and oxygen atoms in total. The minimum Gasteiger partial charge on any atom is -0.388 e. The van der Waals surface area contributed by atoms with Crippen molar-refractivity contribution in [2.75, 3.05) is 19.0 Å². The first-order chi connectivity index (χ1) is 14.3. The van der Waals surface area contributed by atoms with Gasteiger partial charge in [-0.3, -0.25) is 0 Å². The van der Waals surface area contributed by atoms with Gasteiger partial charge in [-0.05, 0) is 97.3 Å². The molecule has 4 fully saturated rings. The third kappa shape index (κ3) is 3.08. The van der Waals surface area contributed by atoms with Gasteiger partial charge in [-0.15, -0.1) is 0 Å². The summed E-state index contributed by atoms with van der Waals surface area (Å²) < 4.78 is 0. The lowest BCUT2D eigenvalue weighted by atomic mass is 9.45. The number of aliphatic hydroxyl groups is 1. The topological polar surface area (TPSA) is 23.5 Å². The molecule has 0 bridgehead atoms. The second kappa shape index (κ2) is 7.40. The van der Waals surface area contributed by atoms with Crippen LogP contribution < -0.4 is 4.90 Å². The van der Waals surface area contributed by atoms with Gasteiger partial charge in [0.05, 0.1) is 6.10 Å². The van der Waals surface area contributed by atoms with Crippen molar-refractivity contribution in [2.24, 2.45) is 34.5 Å². The highest BCUT2D eigenvalue weighted by Gasteiger charge is 2.60. The van der Waals surface area contributed by atoms with Crippen LogP contribution in [0, 0.1) is 34.5 Å². The molecule has 5 rings (SSSR count). The second-order valence-corrected chi connectivity index (χ2v) is 11.8. The predicted octanol–water partition coefficient (Wildman–Crippen LogP) is 6.54. The molecule has 0 saturated heterocycles. The van der Waals surface area contributed by atoms with E-state index in [9.17, 15) is 5.11 Å². The lowest BCUT2D eigenvalue weighted by Gasteiger charge is -2.60. The highest BCUT2D eigenvalue weighted by atomic mass is 16.3. The third-order valence-electron chi connectivity index (χ3n) is 10.2. The summed E-state index contributed by atoms with van der Waals surface area (Å²) >= 11 is 0. The van der Waals surface area contributed by atoms with Gasteiger partial charge >= 0.3 is 0 Å². The number of nitrogens with zero attached hydrogens (tertiary/aromatic N) is 1. The molecule has 0 aromatic heterocycles. The number of hydrogen-bond acceptors (Lipinski definition) is 2. The van der Waals surface area contributed by atoms with E-state index in [0.717, 1.165) is 24.2 Å². The maximum absolute atomic E-state index is 11.5. The normalized spacial score (nSPS) is 44.3. The third-order valence-corrected chi connectivity index (χ3v) is 10.2. The van der Waals surface area contributed by atoms with Crippen LogP contribution in [0.2, 0.25) is 0 Å². The molecule has 2 heteroatoms. The van der Waals surface area contributed by atoms with Crippen molar-refractivity contribution in [3.63, 3.8) is 0 Å². The molecule has 7 atom stereocenters. The number of hydrogen-bond donors (Lipinski definition) is 1. The van der Waals surface area contributed by atoms with E-state index in [2.05, 4.69) is 63.2 Å². The smallest absolute Gasteiger partial charge is 0.0809 e. The minimum atomic E-state index is -0.270. The fraction of sp³-hybridized carbons (Fsp3) is 0.714.